The molecule has 3 amide bonds. The van der Waals surface area contributed by atoms with E-state index in [0.717, 1.165) is 10.0 Å². The zero-order valence-corrected chi connectivity index (χ0v) is 19.5. The SMILES string of the molecule is CC(C)CN1C(=O)c2ccc(C(=O)N(C)c3nnc(-c4ccc(Br)cc4)s3)cc2C1=O. The summed E-state index contributed by atoms with van der Waals surface area (Å²) in [6, 6.07) is 12.3. The van der Waals surface area contributed by atoms with E-state index in [1.807, 2.05) is 38.1 Å². The van der Waals surface area contributed by atoms with Crippen molar-refractivity contribution in [1.82, 2.24) is 15.1 Å². The van der Waals surface area contributed by atoms with Crippen molar-refractivity contribution < 1.29 is 14.4 Å². The predicted octanol–water partition coefficient (Wildman–Crippen LogP) is 4.50. The quantitative estimate of drug-likeness (QED) is 0.483. The number of aromatic nitrogens is 2. The Kier molecular flexibility index (Phi) is 5.72. The highest BCUT2D eigenvalue weighted by molar-refractivity contribution is 9.10. The zero-order chi connectivity index (χ0) is 22.3. The van der Waals surface area contributed by atoms with Gasteiger partial charge in [0.25, 0.3) is 17.7 Å². The Morgan fingerprint density at radius 2 is 1.74 bits per heavy atom. The van der Waals surface area contributed by atoms with Crippen molar-refractivity contribution in [1.29, 1.82) is 0 Å². The van der Waals surface area contributed by atoms with Crippen LogP contribution in [0.3, 0.4) is 0 Å². The monoisotopic (exact) mass is 498 g/mol. The van der Waals surface area contributed by atoms with Gasteiger partial charge >= 0.3 is 0 Å². The van der Waals surface area contributed by atoms with Crippen molar-refractivity contribution in [2.75, 3.05) is 18.5 Å². The first-order chi connectivity index (χ1) is 14.8. The molecule has 0 aliphatic carbocycles. The topological polar surface area (TPSA) is 83.5 Å². The summed E-state index contributed by atoms with van der Waals surface area (Å²) in [7, 11) is 1.61. The summed E-state index contributed by atoms with van der Waals surface area (Å²) in [4.78, 5) is 40.9. The van der Waals surface area contributed by atoms with E-state index in [9.17, 15) is 14.4 Å². The molecule has 0 radical (unpaired) electrons. The van der Waals surface area contributed by atoms with Crippen LogP contribution in [-0.4, -0.2) is 46.4 Å². The molecule has 3 aromatic rings. The fraction of sp³-hybridized carbons (Fsp3) is 0.227. The van der Waals surface area contributed by atoms with Gasteiger partial charge in [-0.1, -0.05) is 53.2 Å². The molecule has 0 fully saturated rings. The van der Waals surface area contributed by atoms with Crippen LogP contribution in [0.5, 0.6) is 0 Å². The van der Waals surface area contributed by atoms with Crippen LogP contribution in [0, 0.1) is 5.92 Å². The van der Waals surface area contributed by atoms with Gasteiger partial charge in [0.05, 0.1) is 11.1 Å². The Bertz CT molecular complexity index is 1190. The predicted molar refractivity (Wildman–Crippen MR) is 122 cm³/mol. The van der Waals surface area contributed by atoms with E-state index in [-0.39, 0.29) is 29.2 Å². The van der Waals surface area contributed by atoms with E-state index in [4.69, 9.17) is 0 Å². The standard InChI is InChI=1S/C22H19BrN4O3S/c1-12(2)11-27-20(29)16-9-6-14(10-17(16)21(27)30)19(28)26(3)22-25-24-18(31-22)13-4-7-15(23)8-5-13/h4-10,12H,11H2,1-3H3. The first-order valence-corrected chi connectivity index (χ1v) is 11.2. The van der Waals surface area contributed by atoms with Crippen LogP contribution in [-0.2, 0) is 0 Å². The number of hydrogen-bond acceptors (Lipinski definition) is 6. The maximum absolute atomic E-state index is 13.0. The van der Waals surface area contributed by atoms with Crippen molar-refractivity contribution in [2.45, 2.75) is 13.8 Å². The number of halogens is 1. The van der Waals surface area contributed by atoms with Gasteiger partial charge in [0.1, 0.15) is 5.01 Å². The number of carbonyl (C=O) groups is 3. The second-order valence-corrected chi connectivity index (χ2v) is 9.51. The van der Waals surface area contributed by atoms with Gasteiger partial charge in [0.2, 0.25) is 5.13 Å². The summed E-state index contributed by atoms with van der Waals surface area (Å²) < 4.78 is 0.963. The Morgan fingerprint density at radius 1 is 1.06 bits per heavy atom. The van der Waals surface area contributed by atoms with Crippen molar-refractivity contribution in [3.63, 3.8) is 0 Å². The van der Waals surface area contributed by atoms with Crippen LogP contribution in [0.15, 0.2) is 46.9 Å². The Hall–Kier alpha value is -2.91. The molecule has 1 aliphatic rings. The molecular formula is C22H19BrN4O3S. The third-order valence-corrected chi connectivity index (χ3v) is 6.44. The molecule has 2 heterocycles. The van der Waals surface area contributed by atoms with Gasteiger partial charge in [-0.05, 0) is 36.2 Å². The fourth-order valence-corrected chi connectivity index (χ4v) is 4.37. The van der Waals surface area contributed by atoms with Crippen LogP contribution in [0.4, 0.5) is 5.13 Å². The maximum Gasteiger partial charge on any atom is 0.261 e. The van der Waals surface area contributed by atoms with Gasteiger partial charge in [-0.25, -0.2) is 0 Å². The molecule has 158 valence electrons. The van der Waals surface area contributed by atoms with Crippen LogP contribution < -0.4 is 4.90 Å². The molecule has 0 spiro atoms. The maximum atomic E-state index is 13.0. The van der Waals surface area contributed by atoms with Crippen molar-refractivity contribution >= 4 is 50.1 Å². The summed E-state index contributed by atoms with van der Waals surface area (Å²) >= 11 is 4.70. The fourth-order valence-electron chi connectivity index (χ4n) is 3.30. The minimum atomic E-state index is -0.362. The molecule has 0 atom stereocenters. The first-order valence-electron chi connectivity index (χ1n) is 9.64. The molecule has 4 rings (SSSR count). The molecule has 7 nitrogen and oxygen atoms in total. The number of imide groups is 1. The van der Waals surface area contributed by atoms with Crippen molar-refractivity contribution in [2.24, 2.45) is 5.92 Å². The van der Waals surface area contributed by atoms with Gasteiger partial charge in [-0.15, -0.1) is 10.2 Å². The van der Waals surface area contributed by atoms with Crippen LogP contribution in [0.25, 0.3) is 10.6 Å². The average Bonchev–Trinajstić information content (AvgIpc) is 3.33. The lowest BCUT2D eigenvalue weighted by molar-refractivity contribution is 0.0636. The smallest absolute Gasteiger partial charge is 0.261 e. The van der Waals surface area contributed by atoms with Gasteiger partial charge in [-0.2, -0.15) is 0 Å². The van der Waals surface area contributed by atoms with Gasteiger partial charge < -0.3 is 0 Å². The second kappa shape index (κ2) is 8.32. The third-order valence-electron chi connectivity index (χ3n) is 4.86. The number of fused-ring (bicyclic) bond motifs is 1. The van der Waals surface area contributed by atoms with E-state index in [2.05, 4.69) is 26.1 Å². The molecule has 1 aromatic heterocycles. The normalized spacial score (nSPS) is 13.1. The minimum absolute atomic E-state index is 0.159. The molecule has 1 aliphatic heterocycles. The largest absolute Gasteiger partial charge is 0.286 e. The van der Waals surface area contributed by atoms with Gasteiger partial charge in [-0.3, -0.25) is 24.2 Å². The minimum Gasteiger partial charge on any atom is -0.286 e. The van der Waals surface area contributed by atoms with Crippen LogP contribution in [0.1, 0.15) is 44.9 Å². The molecule has 0 saturated carbocycles. The highest BCUT2D eigenvalue weighted by Crippen LogP contribution is 2.30. The van der Waals surface area contributed by atoms with E-state index in [0.29, 0.717) is 27.8 Å². The molecule has 31 heavy (non-hydrogen) atoms. The van der Waals surface area contributed by atoms with Gasteiger partial charge in [0.15, 0.2) is 0 Å². The Balaban J connectivity index is 1.57. The van der Waals surface area contributed by atoms with E-state index in [1.165, 1.54) is 27.2 Å². The van der Waals surface area contributed by atoms with E-state index in [1.54, 1.807) is 19.2 Å². The van der Waals surface area contributed by atoms with Gasteiger partial charge in [0, 0.05) is 29.2 Å². The number of amides is 3. The summed E-state index contributed by atoms with van der Waals surface area (Å²) in [5.74, 6) is -0.848. The third kappa shape index (κ3) is 4.03. The van der Waals surface area contributed by atoms with E-state index < -0.39 is 0 Å². The first kappa shape index (κ1) is 21.3. The molecular weight excluding hydrogens is 480 g/mol. The number of benzene rings is 2. The lowest BCUT2D eigenvalue weighted by Gasteiger charge is -2.15. The number of carbonyl (C=O) groups excluding carboxylic acids is 3. The van der Waals surface area contributed by atoms with Crippen LogP contribution in [0.2, 0.25) is 0 Å². The molecule has 0 N–H and O–H groups in total. The second-order valence-electron chi connectivity index (χ2n) is 7.64. The van der Waals surface area contributed by atoms with Crippen molar-refractivity contribution in [3.8, 4) is 10.6 Å². The number of anilines is 1. The lowest BCUT2D eigenvalue weighted by atomic mass is 10.1. The van der Waals surface area contributed by atoms with Crippen molar-refractivity contribution in [3.05, 3.63) is 63.6 Å². The van der Waals surface area contributed by atoms with Crippen LogP contribution >= 0.6 is 27.3 Å². The molecule has 0 bridgehead atoms. The summed E-state index contributed by atoms with van der Waals surface area (Å²) in [6.07, 6.45) is 0. The lowest BCUT2D eigenvalue weighted by Crippen LogP contribution is -2.33. The highest BCUT2D eigenvalue weighted by Gasteiger charge is 2.36. The average molecular weight is 499 g/mol. The molecule has 2 aromatic carbocycles. The Labute approximate surface area is 191 Å². The molecule has 0 unspecified atom stereocenters. The number of hydrogen-bond donors (Lipinski definition) is 0. The summed E-state index contributed by atoms with van der Waals surface area (Å²) in [5, 5.41) is 9.46. The van der Waals surface area contributed by atoms with E-state index >= 15 is 0 Å². The number of rotatable bonds is 5. The summed E-state index contributed by atoms with van der Waals surface area (Å²) in [6.45, 7) is 4.23. The Morgan fingerprint density at radius 3 is 2.42 bits per heavy atom. The summed E-state index contributed by atoms with van der Waals surface area (Å²) in [5.41, 5.74) is 1.81. The zero-order valence-electron chi connectivity index (χ0n) is 17.1. The number of nitrogens with zero attached hydrogens (tertiary/aromatic N) is 4. The molecule has 0 saturated heterocycles. The molecule has 9 heteroatoms. The highest BCUT2D eigenvalue weighted by atomic mass is 79.9.